The minimum absolute atomic E-state index is 0.0558. The lowest BCUT2D eigenvalue weighted by atomic mass is 10.1. The first kappa shape index (κ1) is 12.3. The predicted molar refractivity (Wildman–Crippen MR) is 64.2 cm³/mol. The van der Waals surface area contributed by atoms with Gasteiger partial charge < -0.3 is 9.84 Å². The Morgan fingerprint density at radius 3 is 2.76 bits per heavy atom. The van der Waals surface area contributed by atoms with E-state index in [2.05, 4.69) is 0 Å². The zero-order valence-corrected chi connectivity index (χ0v) is 10.1. The van der Waals surface area contributed by atoms with Gasteiger partial charge in [0, 0.05) is 6.07 Å². The van der Waals surface area contributed by atoms with E-state index < -0.39 is 11.0 Å². The highest BCUT2D eigenvalue weighted by atomic mass is 32.2. The Hall–Kier alpha value is -1.11. The molecule has 1 aliphatic rings. The third-order valence-corrected chi connectivity index (χ3v) is 3.77. The van der Waals surface area contributed by atoms with E-state index in [1.807, 2.05) is 0 Å². The molecule has 1 fully saturated rings. The fraction of sp³-hybridized carbons (Fsp3) is 0.455. The standard InChI is InChI=1S/C11H13NO4S/c1-7(13)8-2-3-11(10(4-8)12(14)15)17-9-5-16-6-9/h2-4,7,9,13H,5-6H2,1H3/t7-/m0/s1. The van der Waals surface area contributed by atoms with E-state index in [-0.39, 0.29) is 5.69 Å². The number of hydrogen-bond donors (Lipinski definition) is 1. The molecule has 1 aromatic carbocycles. The van der Waals surface area contributed by atoms with Gasteiger partial charge in [0.15, 0.2) is 0 Å². The maximum atomic E-state index is 11.0. The number of thioether (sulfide) groups is 1. The van der Waals surface area contributed by atoms with Crippen LogP contribution in [0.2, 0.25) is 0 Å². The van der Waals surface area contributed by atoms with Crippen LogP contribution < -0.4 is 0 Å². The lowest BCUT2D eigenvalue weighted by molar-refractivity contribution is -0.387. The zero-order valence-electron chi connectivity index (χ0n) is 9.33. The molecule has 0 saturated carbocycles. The SMILES string of the molecule is C[C@H](O)c1ccc(SC2COC2)c([N+](=O)[O-])c1. The molecule has 1 aromatic rings. The summed E-state index contributed by atoms with van der Waals surface area (Å²) in [6, 6.07) is 4.86. The van der Waals surface area contributed by atoms with E-state index >= 15 is 0 Å². The maximum absolute atomic E-state index is 11.0. The monoisotopic (exact) mass is 255 g/mol. The van der Waals surface area contributed by atoms with Gasteiger partial charge in [0.25, 0.3) is 5.69 Å². The third kappa shape index (κ3) is 2.77. The summed E-state index contributed by atoms with van der Waals surface area (Å²) >= 11 is 1.46. The molecule has 1 N–H and O–H groups in total. The minimum atomic E-state index is -0.695. The van der Waals surface area contributed by atoms with Crippen LogP contribution in [-0.4, -0.2) is 28.5 Å². The normalized spacial score (nSPS) is 17.5. The molecule has 1 atom stereocenters. The number of nitrogens with zero attached hydrogens (tertiary/aromatic N) is 1. The van der Waals surface area contributed by atoms with Crippen LogP contribution in [0.3, 0.4) is 0 Å². The van der Waals surface area contributed by atoms with E-state index in [9.17, 15) is 15.2 Å². The molecule has 0 bridgehead atoms. The van der Waals surface area contributed by atoms with Gasteiger partial charge in [0.1, 0.15) is 0 Å². The number of rotatable bonds is 4. The van der Waals surface area contributed by atoms with E-state index in [0.717, 1.165) is 0 Å². The van der Waals surface area contributed by atoms with Crippen molar-refractivity contribution in [3.05, 3.63) is 33.9 Å². The first-order valence-corrected chi connectivity index (χ1v) is 6.16. The van der Waals surface area contributed by atoms with Crippen LogP contribution in [0.25, 0.3) is 0 Å². The fourth-order valence-electron chi connectivity index (χ4n) is 1.50. The molecule has 0 radical (unpaired) electrons. The first-order valence-electron chi connectivity index (χ1n) is 5.28. The molecule has 0 amide bonds. The molecule has 1 heterocycles. The smallest absolute Gasteiger partial charge is 0.283 e. The summed E-state index contributed by atoms with van der Waals surface area (Å²) < 4.78 is 5.04. The van der Waals surface area contributed by atoms with Gasteiger partial charge in [-0.1, -0.05) is 6.07 Å². The average Bonchev–Trinajstić information content (AvgIpc) is 2.23. The van der Waals surface area contributed by atoms with Crippen molar-refractivity contribution < 1.29 is 14.8 Å². The van der Waals surface area contributed by atoms with Crippen LogP contribution in [-0.2, 0) is 4.74 Å². The summed E-state index contributed by atoms with van der Waals surface area (Å²) in [5, 5.41) is 20.7. The minimum Gasteiger partial charge on any atom is -0.389 e. The molecule has 0 aromatic heterocycles. The van der Waals surface area contributed by atoms with Gasteiger partial charge in [0.05, 0.1) is 34.4 Å². The highest BCUT2D eigenvalue weighted by molar-refractivity contribution is 8.00. The maximum Gasteiger partial charge on any atom is 0.283 e. The van der Waals surface area contributed by atoms with Gasteiger partial charge in [0.2, 0.25) is 0 Å². The summed E-state index contributed by atoms with van der Waals surface area (Å²) in [5.74, 6) is 0. The van der Waals surface area contributed by atoms with Crippen molar-refractivity contribution in [1.82, 2.24) is 0 Å². The number of aliphatic hydroxyl groups excluding tert-OH is 1. The Kier molecular flexibility index (Phi) is 3.66. The van der Waals surface area contributed by atoms with Crippen LogP contribution in [0.1, 0.15) is 18.6 Å². The van der Waals surface area contributed by atoms with Gasteiger partial charge in [-0.3, -0.25) is 10.1 Å². The lowest BCUT2D eigenvalue weighted by Crippen LogP contribution is -2.30. The number of aliphatic hydroxyl groups is 1. The van der Waals surface area contributed by atoms with Gasteiger partial charge in [-0.05, 0) is 18.6 Å². The van der Waals surface area contributed by atoms with Crippen molar-refractivity contribution in [3.8, 4) is 0 Å². The molecule has 1 saturated heterocycles. The molecule has 0 spiro atoms. The first-order chi connectivity index (χ1) is 8.08. The number of nitro benzene ring substituents is 1. The van der Waals surface area contributed by atoms with Crippen LogP contribution >= 0.6 is 11.8 Å². The van der Waals surface area contributed by atoms with Crippen molar-refractivity contribution in [2.45, 2.75) is 23.2 Å². The second-order valence-electron chi connectivity index (χ2n) is 3.94. The van der Waals surface area contributed by atoms with Crippen molar-refractivity contribution in [2.24, 2.45) is 0 Å². The molecule has 2 rings (SSSR count). The lowest BCUT2D eigenvalue weighted by Gasteiger charge is -2.25. The second-order valence-corrected chi connectivity index (χ2v) is 5.28. The predicted octanol–water partition coefficient (Wildman–Crippen LogP) is 2.14. The summed E-state index contributed by atoms with van der Waals surface area (Å²) in [5.41, 5.74) is 0.617. The molecular formula is C11H13NO4S. The molecule has 0 aliphatic carbocycles. The Morgan fingerprint density at radius 2 is 2.29 bits per heavy atom. The fourth-order valence-corrected chi connectivity index (χ4v) is 2.59. The van der Waals surface area contributed by atoms with E-state index in [1.54, 1.807) is 19.1 Å². The molecular weight excluding hydrogens is 242 g/mol. The van der Waals surface area contributed by atoms with Crippen molar-refractivity contribution in [1.29, 1.82) is 0 Å². The number of benzene rings is 1. The third-order valence-electron chi connectivity index (χ3n) is 2.56. The number of nitro groups is 1. The summed E-state index contributed by atoms with van der Waals surface area (Å²) in [7, 11) is 0. The van der Waals surface area contributed by atoms with Crippen molar-refractivity contribution in [2.75, 3.05) is 13.2 Å². The van der Waals surface area contributed by atoms with Crippen molar-refractivity contribution >= 4 is 17.4 Å². The Labute approximate surface area is 103 Å². The second kappa shape index (κ2) is 5.03. The van der Waals surface area contributed by atoms with E-state index in [0.29, 0.717) is 28.9 Å². The van der Waals surface area contributed by atoms with Crippen LogP contribution in [0, 0.1) is 10.1 Å². The molecule has 5 nitrogen and oxygen atoms in total. The summed E-state index contributed by atoms with van der Waals surface area (Å²) in [6.07, 6.45) is -0.695. The molecule has 92 valence electrons. The zero-order chi connectivity index (χ0) is 12.4. The topological polar surface area (TPSA) is 72.6 Å². The Morgan fingerprint density at radius 1 is 1.59 bits per heavy atom. The molecule has 1 aliphatic heterocycles. The quantitative estimate of drug-likeness (QED) is 0.659. The van der Waals surface area contributed by atoms with Gasteiger partial charge in [-0.2, -0.15) is 0 Å². The summed E-state index contributed by atoms with van der Waals surface area (Å²) in [6.45, 7) is 2.87. The van der Waals surface area contributed by atoms with Gasteiger partial charge in [-0.15, -0.1) is 11.8 Å². The highest BCUT2D eigenvalue weighted by Gasteiger charge is 2.24. The summed E-state index contributed by atoms with van der Waals surface area (Å²) in [4.78, 5) is 11.2. The molecule has 6 heteroatoms. The number of hydrogen-bond acceptors (Lipinski definition) is 5. The Balaban J connectivity index is 2.26. The van der Waals surface area contributed by atoms with Crippen LogP contribution in [0.4, 0.5) is 5.69 Å². The van der Waals surface area contributed by atoms with E-state index in [4.69, 9.17) is 4.74 Å². The van der Waals surface area contributed by atoms with Crippen LogP contribution in [0.5, 0.6) is 0 Å². The molecule has 0 unspecified atom stereocenters. The Bertz CT molecular complexity index is 431. The van der Waals surface area contributed by atoms with E-state index in [1.165, 1.54) is 17.8 Å². The van der Waals surface area contributed by atoms with Crippen molar-refractivity contribution in [3.63, 3.8) is 0 Å². The molecule has 17 heavy (non-hydrogen) atoms. The largest absolute Gasteiger partial charge is 0.389 e. The van der Waals surface area contributed by atoms with Gasteiger partial charge in [-0.25, -0.2) is 0 Å². The van der Waals surface area contributed by atoms with Crippen LogP contribution in [0.15, 0.2) is 23.1 Å². The number of ether oxygens (including phenoxy) is 1. The average molecular weight is 255 g/mol. The highest BCUT2D eigenvalue weighted by Crippen LogP contribution is 2.36. The van der Waals surface area contributed by atoms with Gasteiger partial charge >= 0.3 is 0 Å².